The van der Waals surface area contributed by atoms with Gasteiger partial charge in [0, 0.05) is 24.0 Å². The summed E-state index contributed by atoms with van der Waals surface area (Å²) in [7, 11) is 0. The van der Waals surface area contributed by atoms with Crippen LogP contribution >= 0.6 is 11.6 Å². The molecule has 4 nitrogen and oxygen atoms in total. The highest BCUT2D eigenvalue weighted by Crippen LogP contribution is 2.23. The molecule has 0 aromatic carbocycles. The van der Waals surface area contributed by atoms with Gasteiger partial charge in [0.1, 0.15) is 5.75 Å². The van der Waals surface area contributed by atoms with Crippen molar-refractivity contribution in [2.24, 2.45) is 0 Å². The Kier molecular flexibility index (Phi) is 3.34. The monoisotopic (exact) mass is 236 g/mol. The van der Waals surface area contributed by atoms with Gasteiger partial charge >= 0.3 is 0 Å². The van der Waals surface area contributed by atoms with Crippen LogP contribution in [0.1, 0.15) is 5.56 Å². The van der Waals surface area contributed by atoms with Gasteiger partial charge in [-0.3, -0.25) is 4.98 Å². The molecule has 2 aromatic heterocycles. The van der Waals surface area contributed by atoms with Gasteiger partial charge in [0.2, 0.25) is 5.88 Å². The van der Waals surface area contributed by atoms with Crippen molar-refractivity contribution in [3.63, 3.8) is 0 Å². The lowest BCUT2D eigenvalue weighted by atomic mass is 10.3. The smallest absolute Gasteiger partial charge is 0.224 e. The fourth-order valence-electron chi connectivity index (χ4n) is 1.20. The molecule has 2 aromatic rings. The van der Waals surface area contributed by atoms with E-state index in [-0.39, 0.29) is 6.61 Å². The van der Waals surface area contributed by atoms with Gasteiger partial charge in [-0.1, -0.05) is 11.6 Å². The lowest BCUT2D eigenvalue weighted by molar-refractivity contribution is 0.275. The second kappa shape index (κ2) is 4.92. The molecular formula is C11H9ClN2O2. The van der Waals surface area contributed by atoms with Crippen LogP contribution in [0.3, 0.4) is 0 Å². The third-order valence-corrected chi connectivity index (χ3v) is 2.12. The highest BCUT2D eigenvalue weighted by atomic mass is 35.5. The zero-order valence-electron chi connectivity index (χ0n) is 8.30. The fourth-order valence-corrected chi connectivity index (χ4v) is 1.36. The first-order chi connectivity index (χ1) is 7.79. The van der Waals surface area contributed by atoms with Gasteiger partial charge in [-0.15, -0.1) is 0 Å². The summed E-state index contributed by atoms with van der Waals surface area (Å²) in [5.74, 6) is 0.843. The highest BCUT2D eigenvalue weighted by Gasteiger charge is 2.05. The molecule has 0 spiro atoms. The van der Waals surface area contributed by atoms with E-state index in [4.69, 9.17) is 21.4 Å². The number of ether oxygens (including phenoxy) is 1. The number of rotatable bonds is 3. The average molecular weight is 237 g/mol. The van der Waals surface area contributed by atoms with Gasteiger partial charge in [0.15, 0.2) is 0 Å². The maximum atomic E-state index is 9.09. The maximum Gasteiger partial charge on any atom is 0.224 e. The molecule has 0 saturated carbocycles. The van der Waals surface area contributed by atoms with Gasteiger partial charge in [0.05, 0.1) is 17.8 Å². The summed E-state index contributed by atoms with van der Waals surface area (Å²) in [5.41, 5.74) is 0.613. The molecule has 0 aliphatic rings. The van der Waals surface area contributed by atoms with Gasteiger partial charge < -0.3 is 9.84 Å². The van der Waals surface area contributed by atoms with Crippen LogP contribution in [-0.2, 0) is 6.61 Å². The van der Waals surface area contributed by atoms with Crippen molar-refractivity contribution in [3.05, 3.63) is 47.4 Å². The molecule has 5 heteroatoms. The Morgan fingerprint density at radius 2 is 2.25 bits per heavy atom. The lowest BCUT2D eigenvalue weighted by Crippen LogP contribution is -1.94. The van der Waals surface area contributed by atoms with E-state index in [1.54, 1.807) is 24.4 Å². The van der Waals surface area contributed by atoms with E-state index in [1.807, 2.05) is 0 Å². The standard InChI is InChI=1S/C11H9ClN2O2/c12-9-4-10(6-13-5-9)16-11-8(7-15)2-1-3-14-11/h1-6,15H,7H2. The lowest BCUT2D eigenvalue weighted by Gasteiger charge is -2.07. The molecule has 2 rings (SSSR count). The Balaban J connectivity index is 2.26. The van der Waals surface area contributed by atoms with Gasteiger partial charge in [-0.25, -0.2) is 4.98 Å². The minimum atomic E-state index is -0.128. The maximum absolute atomic E-state index is 9.09. The summed E-state index contributed by atoms with van der Waals surface area (Å²) in [4.78, 5) is 7.91. The van der Waals surface area contributed by atoms with Crippen molar-refractivity contribution < 1.29 is 9.84 Å². The number of aliphatic hydroxyl groups excluding tert-OH is 1. The molecule has 0 aliphatic carbocycles. The largest absolute Gasteiger partial charge is 0.437 e. The number of nitrogens with zero attached hydrogens (tertiary/aromatic N) is 2. The molecule has 0 saturated heterocycles. The minimum absolute atomic E-state index is 0.128. The number of hydrogen-bond acceptors (Lipinski definition) is 4. The first-order valence-electron chi connectivity index (χ1n) is 4.63. The predicted octanol–water partition coefficient (Wildman–Crippen LogP) is 2.41. The van der Waals surface area contributed by atoms with E-state index in [2.05, 4.69) is 9.97 Å². The van der Waals surface area contributed by atoms with Crippen LogP contribution in [0.15, 0.2) is 36.8 Å². The summed E-state index contributed by atoms with van der Waals surface area (Å²) in [6.07, 6.45) is 4.63. The Hall–Kier alpha value is -1.65. The molecule has 0 radical (unpaired) electrons. The predicted molar refractivity (Wildman–Crippen MR) is 59.5 cm³/mol. The Bertz CT molecular complexity index is 491. The SMILES string of the molecule is OCc1cccnc1Oc1cncc(Cl)c1. The van der Waals surface area contributed by atoms with Gasteiger partial charge in [-0.05, 0) is 12.1 Å². The summed E-state index contributed by atoms with van der Waals surface area (Å²) >= 11 is 5.77. The van der Waals surface area contributed by atoms with Gasteiger partial charge in [0.25, 0.3) is 0 Å². The molecule has 0 amide bonds. The van der Waals surface area contributed by atoms with Crippen molar-refractivity contribution in [3.8, 4) is 11.6 Å². The molecule has 2 heterocycles. The normalized spacial score (nSPS) is 10.1. The van der Waals surface area contributed by atoms with Crippen molar-refractivity contribution in [1.29, 1.82) is 0 Å². The number of aromatic nitrogens is 2. The summed E-state index contributed by atoms with van der Waals surface area (Å²) in [6.45, 7) is -0.128. The van der Waals surface area contributed by atoms with Crippen molar-refractivity contribution in [2.75, 3.05) is 0 Å². The van der Waals surface area contributed by atoms with Crippen LogP contribution in [0.2, 0.25) is 5.02 Å². The number of aliphatic hydroxyl groups is 1. The van der Waals surface area contributed by atoms with E-state index < -0.39 is 0 Å². The molecule has 0 aliphatic heterocycles. The van der Waals surface area contributed by atoms with Crippen molar-refractivity contribution in [2.45, 2.75) is 6.61 Å². The van der Waals surface area contributed by atoms with Crippen LogP contribution < -0.4 is 4.74 Å². The molecule has 1 N–H and O–H groups in total. The van der Waals surface area contributed by atoms with Crippen LogP contribution in [0, 0.1) is 0 Å². The van der Waals surface area contributed by atoms with Crippen molar-refractivity contribution >= 4 is 11.6 Å². The number of hydrogen-bond donors (Lipinski definition) is 1. The summed E-state index contributed by atoms with van der Waals surface area (Å²) in [5, 5.41) is 9.57. The van der Waals surface area contributed by atoms with Crippen LogP contribution in [0.5, 0.6) is 11.6 Å². The Morgan fingerprint density at radius 1 is 1.38 bits per heavy atom. The molecule has 0 fully saturated rings. The van der Waals surface area contributed by atoms with Crippen molar-refractivity contribution in [1.82, 2.24) is 9.97 Å². The molecule has 0 bridgehead atoms. The van der Waals surface area contributed by atoms with E-state index in [0.29, 0.717) is 22.2 Å². The van der Waals surface area contributed by atoms with E-state index in [1.165, 1.54) is 12.4 Å². The zero-order chi connectivity index (χ0) is 11.4. The van der Waals surface area contributed by atoms with E-state index >= 15 is 0 Å². The van der Waals surface area contributed by atoms with Crippen LogP contribution in [-0.4, -0.2) is 15.1 Å². The number of halogens is 1. The quantitative estimate of drug-likeness (QED) is 0.889. The van der Waals surface area contributed by atoms with Gasteiger partial charge in [-0.2, -0.15) is 0 Å². The minimum Gasteiger partial charge on any atom is -0.437 e. The molecule has 16 heavy (non-hydrogen) atoms. The highest BCUT2D eigenvalue weighted by molar-refractivity contribution is 6.30. The number of pyridine rings is 2. The molecule has 0 atom stereocenters. The first-order valence-corrected chi connectivity index (χ1v) is 5.00. The summed E-state index contributed by atoms with van der Waals surface area (Å²) < 4.78 is 5.46. The van der Waals surface area contributed by atoms with Crippen LogP contribution in [0.25, 0.3) is 0 Å². The topological polar surface area (TPSA) is 55.2 Å². The van der Waals surface area contributed by atoms with E-state index in [0.717, 1.165) is 0 Å². The van der Waals surface area contributed by atoms with Crippen LogP contribution in [0.4, 0.5) is 0 Å². The first kappa shape index (κ1) is 10.9. The third-order valence-electron chi connectivity index (χ3n) is 1.91. The second-order valence-electron chi connectivity index (χ2n) is 3.07. The molecule has 82 valence electrons. The zero-order valence-corrected chi connectivity index (χ0v) is 9.05. The Labute approximate surface area is 97.5 Å². The fraction of sp³-hybridized carbons (Fsp3) is 0.0909. The average Bonchev–Trinajstić information content (AvgIpc) is 2.30. The third kappa shape index (κ3) is 2.48. The molecular weight excluding hydrogens is 228 g/mol. The molecule has 0 unspecified atom stereocenters. The summed E-state index contributed by atoms with van der Waals surface area (Å²) in [6, 6.07) is 5.10. The second-order valence-corrected chi connectivity index (χ2v) is 3.50. The Morgan fingerprint density at radius 3 is 3.00 bits per heavy atom. The van der Waals surface area contributed by atoms with E-state index in [9.17, 15) is 0 Å².